The first-order valence-corrected chi connectivity index (χ1v) is 9.83. The molecule has 0 aromatic carbocycles. The quantitative estimate of drug-likeness (QED) is 0.889. The van der Waals surface area contributed by atoms with Crippen LogP contribution in [0.1, 0.15) is 61.4 Å². The molecule has 2 atom stereocenters. The Kier molecular flexibility index (Phi) is 4.33. The Morgan fingerprint density at radius 2 is 2.00 bits per heavy atom. The lowest BCUT2D eigenvalue weighted by atomic mass is 9.82. The number of hydrogen-bond acceptors (Lipinski definition) is 3. The molecule has 0 radical (unpaired) electrons. The van der Waals surface area contributed by atoms with E-state index in [4.69, 9.17) is 0 Å². The van der Waals surface area contributed by atoms with Gasteiger partial charge in [-0.05, 0) is 55.0 Å². The molecule has 3 heteroatoms. The van der Waals surface area contributed by atoms with E-state index in [9.17, 15) is 0 Å². The van der Waals surface area contributed by atoms with Crippen molar-refractivity contribution in [1.29, 1.82) is 0 Å². The lowest BCUT2D eigenvalue weighted by molar-refractivity contribution is 0.0996. The van der Waals surface area contributed by atoms with Crippen LogP contribution in [0.5, 0.6) is 0 Å². The average molecular weight is 305 g/mol. The summed E-state index contributed by atoms with van der Waals surface area (Å²) in [5, 5.41) is 6.15. The molecule has 3 aliphatic rings. The molecule has 1 aromatic heterocycles. The van der Waals surface area contributed by atoms with Gasteiger partial charge in [0.2, 0.25) is 0 Å². The Morgan fingerprint density at radius 3 is 2.90 bits per heavy atom. The molecule has 2 nitrogen and oxygen atoms in total. The number of rotatable bonds is 2. The number of aryl methyl sites for hydroxylation is 1. The Bertz CT molecular complexity index is 464. The van der Waals surface area contributed by atoms with E-state index in [0.717, 1.165) is 12.0 Å². The van der Waals surface area contributed by atoms with Crippen molar-refractivity contribution < 1.29 is 0 Å². The van der Waals surface area contributed by atoms with Crippen LogP contribution in [-0.2, 0) is 6.42 Å². The van der Waals surface area contributed by atoms with Gasteiger partial charge in [-0.3, -0.25) is 4.90 Å². The summed E-state index contributed by atoms with van der Waals surface area (Å²) in [7, 11) is 0. The van der Waals surface area contributed by atoms with Gasteiger partial charge in [0.15, 0.2) is 0 Å². The SMILES string of the molecule is c1cc2c(s1)CCCC2N1CCNC(C2CCCCC2)C1. The van der Waals surface area contributed by atoms with Gasteiger partial charge in [0.1, 0.15) is 0 Å². The van der Waals surface area contributed by atoms with Crippen molar-refractivity contribution in [2.45, 2.75) is 63.5 Å². The van der Waals surface area contributed by atoms with Crippen LogP contribution in [0, 0.1) is 5.92 Å². The molecule has 0 amide bonds. The fourth-order valence-corrected chi connectivity index (χ4v) is 5.76. The van der Waals surface area contributed by atoms with Crippen molar-refractivity contribution in [2.75, 3.05) is 19.6 Å². The molecule has 2 heterocycles. The van der Waals surface area contributed by atoms with Crippen molar-refractivity contribution >= 4 is 11.3 Å². The number of fused-ring (bicyclic) bond motifs is 1. The molecule has 1 saturated heterocycles. The maximum absolute atomic E-state index is 3.84. The van der Waals surface area contributed by atoms with E-state index >= 15 is 0 Å². The lowest BCUT2D eigenvalue weighted by Crippen LogP contribution is -2.55. The summed E-state index contributed by atoms with van der Waals surface area (Å²) in [4.78, 5) is 4.47. The highest BCUT2D eigenvalue weighted by molar-refractivity contribution is 7.10. The highest BCUT2D eigenvalue weighted by Gasteiger charge is 2.33. The third kappa shape index (κ3) is 2.93. The maximum atomic E-state index is 3.84. The third-order valence-corrected chi connectivity index (χ3v) is 6.91. The number of thiophene rings is 1. The van der Waals surface area contributed by atoms with Crippen molar-refractivity contribution in [2.24, 2.45) is 5.92 Å². The van der Waals surface area contributed by atoms with E-state index in [2.05, 4.69) is 21.7 Å². The first-order chi connectivity index (χ1) is 10.4. The third-order valence-electron chi connectivity index (χ3n) is 5.92. The molecule has 0 bridgehead atoms. The Labute approximate surface area is 132 Å². The predicted octanol–water partition coefficient (Wildman–Crippen LogP) is 3.98. The minimum Gasteiger partial charge on any atom is -0.311 e. The fraction of sp³-hybridized carbons (Fsp3) is 0.778. The van der Waals surface area contributed by atoms with Gasteiger partial charge in [0, 0.05) is 36.6 Å². The van der Waals surface area contributed by atoms with Crippen molar-refractivity contribution in [1.82, 2.24) is 10.2 Å². The molecular weight excluding hydrogens is 276 g/mol. The van der Waals surface area contributed by atoms with Crippen LogP contribution in [0.3, 0.4) is 0 Å². The van der Waals surface area contributed by atoms with Gasteiger partial charge in [-0.1, -0.05) is 19.3 Å². The molecule has 1 aliphatic heterocycles. The summed E-state index contributed by atoms with van der Waals surface area (Å²) in [5.41, 5.74) is 1.66. The summed E-state index contributed by atoms with van der Waals surface area (Å²) in [5.74, 6) is 0.937. The Morgan fingerprint density at radius 1 is 1.10 bits per heavy atom. The van der Waals surface area contributed by atoms with E-state index < -0.39 is 0 Å². The minimum absolute atomic E-state index is 0.716. The molecule has 2 fully saturated rings. The molecule has 1 N–H and O–H groups in total. The molecule has 2 unspecified atom stereocenters. The summed E-state index contributed by atoms with van der Waals surface area (Å²) < 4.78 is 0. The molecule has 4 rings (SSSR count). The fourth-order valence-electron chi connectivity index (χ4n) is 4.78. The summed E-state index contributed by atoms with van der Waals surface area (Å²) in [6, 6.07) is 3.87. The van der Waals surface area contributed by atoms with Crippen LogP contribution in [0.4, 0.5) is 0 Å². The smallest absolute Gasteiger partial charge is 0.0360 e. The molecule has 21 heavy (non-hydrogen) atoms. The first kappa shape index (κ1) is 14.2. The van der Waals surface area contributed by atoms with Crippen molar-refractivity contribution in [3.8, 4) is 0 Å². The molecule has 1 saturated carbocycles. The van der Waals surface area contributed by atoms with Crippen LogP contribution in [-0.4, -0.2) is 30.6 Å². The zero-order chi connectivity index (χ0) is 14.1. The zero-order valence-corrected chi connectivity index (χ0v) is 13.8. The standard InChI is InChI=1S/C18H28N2S/c1-2-5-14(6-3-1)16-13-20(11-10-19-16)17-7-4-8-18-15(17)9-12-21-18/h9,12,14,16-17,19H,1-8,10-11,13H2. The highest BCUT2D eigenvalue weighted by atomic mass is 32.1. The Hall–Kier alpha value is -0.380. The van der Waals surface area contributed by atoms with Crippen LogP contribution >= 0.6 is 11.3 Å². The van der Waals surface area contributed by atoms with Gasteiger partial charge in [-0.25, -0.2) is 0 Å². The second-order valence-corrected chi connectivity index (χ2v) is 8.16. The molecule has 2 aliphatic carbocycles. The molecular formula is C18H28N2S. The van der Waals surface area contributed by atoms with Crippen molar-refractivity contribution in [3.05, 3.63) is 21.9 Å². The van der Waals surface area contributed by atoms with Crippen molar-refractivity contribution in [3.63, 3.8) is 0 Å². The van der Waals surface area contributed by atoms with Crippen LogP contribution in [0.25, 0.3) is 0 Å². The van der Waals surface area contributed by atoms with Gasteiger partial charge >= 0.3 is 0 Å². The zero-order valence-electron chi connectivity index (χ0n) is 13.0. The topological polar surface area (TPSA) is 15.3 Å². The van der Waals surface area contributed by atoms with E-state index in [-0.39, 0.29) is 0 Å². The Balaban J connectivity index is 1.46. The van der Waals surface area contributed by atoms with Crippen LogP contribution in [0.2, 0.25) is 0 Å². The molecule has 116 valence electrons. The van der Waals surface area contributed by atoms with Gasteiger partial charge in [-0.2, -0.15) is 0 Å². The highest BCUT2D eigenvalue weighted by Crippen LogP contribution is 2.38. The van der Waals surface area contributed by atoms with Gasteiger partial charge in [-0.15, -0.1) is 11.3 Å². The van der Waals surface area contributed by atoms with Crippen LogP contribution in [0.15, 0.2) is 11.4 Å². The first-order valence-electron chi connectivity index (χ1n) is 8.95. The van der Waals surface area contributed by atoms with E-state index in [1.54, 1.807) is 10.4 Å². The van der Waals surface area contributed by atoms with Gasteiger partial charge in [0.25, 0.3) is 0 Å². The summed E-state index contributed by atoms with van der Waals surface area (Å²) >= 11 is 1.98. The summed E-state index contributed by atoms with van der Waals surface area (Å²) in [6.45, 7) is 3.71. The summed E-state index contributed by atoms with van der Waals surface area (Å²) in [6.07, 6.45) is 11.4. The molecule has 1 aromatic rings. The van der Waals surface area contributed by atoms with Gasteiger partial charge < -0.3 is 5.32 Å². The largest absolute Gasteiger partial charge is 0.311 e. The number of nitrogens with one attached hydrogen (secondary N) is 1. The number of nitrogens with zero attached hydrogens (tertiary/aromatic N) is 1. The lowest BCUT2D eigenvalue weighted by Gasteiger charge is -2.43. The van der Waals surface area contributed by atoms with E-state index in [0.29, 0.717) is 6.04 Å². The predicted molar refractivity (Wildman–Crippen MR) is 89.9 cm³/mol. The van der Waals surface area contributed by atoms with E-state index in [1.165, 1.54) is 71.0 Å². The normalized spacial score (nSPS) is 32.0. The second-order valence-electron chi connectivity index (χ2n) is 7.16. The average Bonchev–Trinajstić information content (AvgIpc) is 3.04. The maximum Gasteiger partial charge on any atom is 0.0360 e. The number of hydrogen-bond donors (Lipinski definition) is 1. The van der Waals surface area contributed by atoms with Gasteiger partial charge in [0.05, 0.1) is 0 Å². The minimum atomic E-state index is 0.716. The van der Waals surface area contributed by atoms with E-state index in [1.807, 2.05) is 11.3 Å². The number of piperazine rings is 1. The monoisotopic (exact) mass is 304 g/mol. The second kappa shape index (κ2) is 6.39. The molecule has 0 spiro atoms. The van der Waals surface area contributed by atoms with Crippen LogP contribution < -0.4 is 5.32 Å².